The number of nitrogens with zero attached hydrogens (tertiary/aromatic N) is 1. The Balaban J connectivity index is 2.40. The quantitative estimate of drug-likeness (QED) is 0.617. The molecule has 1 rings (SSSR count). The van der Waals surface area contributed by atoms with E-state index >= 15 is 0 Å². The molecule has 0 spiro atoms. The van der Waals surface area contributed by atoms with Crippen LogP contribution in [0.2, 0.25) is 0 Å². The molecule has 0 radical (unpaired) electrons. The maximum absolute atomic E-state index is 10.9. The first kappa shape index (κ1) is 7.63. The van der Waals surface area contributed by atoms with Crippen molar-refractivity contribution in [3.63, 3.8) is 0 Å². The van der Waals surface area contributed by atoms with Crippen LogP contribution >= 0.6 is 0 Å². The Morgan fingerprint density at radius 2 is 2.60 bits per heavy atom. The van der Waals surface area contributed by atoms with Gasteiger partial charge in [-0.25, -0.2) is 4.98 Å². The van der Waals surface area contributed by atoms with Crippen molar-refractivity contribution in [2.75, 3.05) is 5.75 Å². The van der Waals surface area contributed by atoms with Gasteiger partial charge < -0.3 is 8.97 Å². The fourth-order valence-corrected chi connectivity index (χ4v) is 1.25. The predicted octanol–water partition coefficient (Wildman–Crippen LogP) is 0.943. The molecule has 0 aliphatic rings. The molecule has 0 amide bonds. The molecule has 0 aliphatic carbocycles. The average molecular weight is 159 g/mol. The van der Waals surface area contributed by atoms with Gasteiger partial charge in [0.2, 0.25) is 0 Å². The van der Waals surface area contributed by atoms with Gasteiger partial charge in [-0.2, -0.15) is 0 Å². The van der Waals surface area contributed by atoms with Gasteiger partial charge in [-0.1, -0.05) is 0 Å². The van der Waals surface area contributed by atoms with E-state index in [-0.39, 0.29) is 0 Å². The number of hydrogen-bond acceptors (Lipinski definition) is 3. The highest BCUT2D eigenvalue weighted by Gasteiger charge is 2.05. The van der Waals surface area contributed by atoms with E-state index in [2.05, 4.69) is 4.98 Å². The molecule has 1 heterocycles. The van der Waals surface area contributed by atoms with E-state index in [1.165, 1.54) is 12.7 Å². The van der Waals surface area contributed by atoms with Crippen molar-refractivity contribution < 1.29 is 8.97 Å². The monoisotopic (exact) mass is 159 g/mol. The van der Waals surface area contributed by atoms with E-state index < -0.39 is 11.2 Å². The summed E-state index contributed by atoms with van der Waals surface area (Å²) in [4.78, 5) is 3.84. The lowest BCUT2D eigenvalue weighted by Crippen LogP contribution is -2.06. The van der Waals surface area contributed by atoms with Crippen LogP contribution in [0.5, 0.6) is 0 Å². The minimum atomic E-state index is -0.779. The zero-order valence-corrected chi connectivity index (χ0v) is 6.56. The molecule has 0 bridgehead atoms. The molecular formula is C6H9NO2S. The third kappa shape index (κ3) is 2.04. The third-order valence-electron chi connectivity index (χ3n) is 1.11. The van der Waals surface area contributed by atoms with Gasteiger partial charge in [0.25, 0.3) is 0 Å². The van der Waals surface area contributed by atoms with Gasteiger partial charge in [0.15, 0.2) is 12.1 Å². The second-order valence-electron chi connectivity index (χ2n) is 1.85. The highest BCUT2D eigenvalue weighted by Crippen LogP contribution is 2.02. The molecule has 0 saturated carbocycles. The first-order valence-electron chi connectivity index (χ1n) is 3.05. The zero-order valence-electron chi connectivity index (χ0n) is 5.74. The Hall–Kier alpha value is -0.480. The fraction of sp³-hybridized carbons (Fsp3) is 0.500. The predicted molar refractivity (Wildman–Crippen MR) is 38.9 cm³/mol. The number of hydrogen-bond donors (Lipinski definition) is 0. The van der Waals surface area contributed by atoms with Crippen LogP contribution in [0, 0.1) is 0 Å². The topological polar surface area (TPSA) is 49.1 Å². The van der Waals surface area contributed by atoms with Gasteiger partial charge >= 0.3 is 0 Å². The van der Waals surface area contributed by atoms with E-state index in [0.29, 0.717) is 11.5 Å². The lowest BCUT2D eigenvalue weighted by molar-refractivity contribution is 0.556. The molecule has 10 heavy (non-hydrogen) atoms. The summed E-state index contributed by atoms with van der Waals surface area (Å²) in [5, 5.41) is 0. The smallest absolute Gasteiger partial charge is 0.180 e. The summed E-state index contributed by atoms with van der Waals surface area (Å²) in [6.45, 7) is 1.89. The van der Waals surface area contributed by atoms with Crippen LogP contribution in [-0.2, 0) is 16.9 Å². The summed E-state index contributed by atoms with van der Waals surface area (Å²) in [6, 6.07) is 0. The number of oxazole rings is 1. The molecule has 3 nitrogen and oxygen atoms in total. The van der Waals surface area contributed by atoms with Crippen molar-refractivity contribution in [2.45, 2.75) is 12.7 Å². The summed E-state index contributed by atoms with van der Waals surface area (Å²) in [7, 11) is 0. The largest absolute Gasteiger partial charge is 0.616 e. The second-order valence-corrected chi connectivity index (χ2v) is 3.60. The molecular weight excluding hydrogens is 150 g/mol. The van der Waals surface area contributed by atoms with Crippen molar-refractivity contribution in [1.82, 2.24) is 4.98 Å². The van der Waals surface area contributed by atoms with Crippen LogP contribution in [0.15, 0.2) is 17.1 Å². The van der Waals surface area contributed by atoms with Crippen LogP contribution in [0.25, 0.3) is 0 Å². The highest BCUT2D eigenvalue weighted by atomic mass is 32.2. The normalized spacial score (nSPS) is 13.4. The molecule has 0 saturated heterocycles. The van der Waals surface area contributed by atoms with Crippen molar-refractivity contribution in [1.29, 1.82) is 0 Å². The standard InChI is InChI=1S/C6H9NO2S/c1-2-10(8)4-6-3-9-5-7-6/h3,5H,2,4H2,1H3. The zero-order chi connectivity index (χ0) is 7.40. The van der Waals surface area contributed by atoms with E-state index in [1.54, 1.807) is 0 Å². The van der Waals surface area contributed by atoms with Gasteiger partial charge in [-0.15, -0.1) is 0 Å². The van der Waals surface area contributed by atoms with Crippen LogP contribution in [-0.4, -0.2) is 15.3 Å². The second kappa shape index (κ2) is 3.63. The van der Waals surface area contributed by atoms with Crippen LogP contribution in [0.3, 0.4) is 0 Å². The van der Waals surface area contributed by atoms with Gasteiger partial charge in [0, 0.05) is 0 Å². The molecule has 1 aromatic heterocycles. The molecule has 1 aromatic rings. The van der Waals surface area contributed by atoms with E-state index in [0.717, 1.165) is 5.69 Å². The SMILES string of the molecule is CC[S+]([O-])Cc1cocn1. The summed E-state index contributed by atoms with van der Waals surface area (Å²) in [5.41, 5.74) is 0.764. The number of aromatic nitrogens is 1. The van der Waals surface area contributed by atoms with E-state index in [9.17, 15) is 4.55 Å². The van der Waals surface area contributed by atoms with Crippen LogP contribution in [0.1, 0.15) is 12.6 Å². The van der Waals surface area contributed by atoms with Gasteiger partial charge in [0.05, 0.1) is 0 Å². The fourth-order valence-electron chi connectivity index (χ4n) is 0.576. The first-order chi connectivity index (χ1) is 4.83. The van der Waals surface area contributed by atoms with Crippen molar-refractivity contribution in [2.24, 2.45) is 0 Å². The van der Waals surface area contributed by atoms with Gasteiger partial charge in [0.1, 0.15) is 17.7 Å². The Labute approximate surface area is 62.6 Å². The third-order valence-corrected chi connectivity index (χ3v) is 2.38. The summed E-state index contributed by atoms with van der Waals surface area (Å²) >= 11 is -0.779. The van der Waals surface area contributed by atoms with Crippen LogP contribution < -0.4 is 0 Å². The lowest BCUT2D eigenvalue weighted by atomic mass is 10.6. The Morgan fingerprint density at radius 3 is 3.10 bits per heavy atom. The van der Waals surface area contributed by atoms with E-state index in [4.69, 9.17) is 4.42 Å². The molecule has 1 atom stereocenters. The average Bonchev–Trinajstić information content (AvgIpc) is 2.40. The summed E-state index contributed by atoms with van der Waals surface area (Å²) in [6.07, 6.45) is 2.87. The van der Waals surface area contributed by atoms with Crippen molar-refractivity contribution in [3.05, 3.63) is 18.4 Å². The maximum Gasteiger partial charge on any atom is 0.180 e. The minimum Gasteiger partial charge on any atom is -0.616 e. The van der Waals surface area contributed by atoms with Gasteiger partial charge in [-0.05, 0) is 18.1 Å². The summed E-state index contributed by atoms with van der Waals surface area (Å²) < 4.78 is 15.6. The maximum atomic E-state index is 10.9. The Morgan fingerprint density at radius 1 is 1.80 bits per heavy atom. The summed E-state index contributed by atoms with van der Waals surface area (Å²) in [5.74, 6) is 1.18. The first-order valence-corrected chi connectivity index (χ1v) is 4.53. The van der Waals surface area contributed by atoms with Crippen molar-refractivity contribution in [3.8, 4) is 0 Å². The van der Waals surface area contributed by atoms with Crippen molar-refractivity contribution >= 4 is 11.2 Å². The molecule has 56 valence electrons. The Kier molecular flexibility index (Phi) is 2.77. The molecule has 0 fully saturated rings. The molecule has 0 aromatic carbocycles. The van der Waals surface area contributed by atoms with E-state index in [1.807, 2.05) is 6.92 Å². The lowest BCUT2D eigenvalue weighted by Gasteiger charge is -2.04. The van der Waals surface area contributed by atoms with Gasteiger partial charge in [-0.3, -0.25) is 0 Å². The minimum absolute atomic E-state index is 0.507. The van der Waals surface area contributed by atoms with Crippen LogP contribution in [0.4, 0.5) is 0 Å². The molecule has 4 heteroatoms. The highest BCUT2D eigenvalue weighted by molar-refractivity contribution is 7.90. The Bertz CT molecular complexity index is 176. The number of rotatable bonds is 3. The molecule has 1 unspecified atom stereocenters. The molecule has 0 aliphatic heterocycles. The molecule has 0 N–H and O–H groups in total.